The molecule has 21 heavy (non-hydrogen) atoms. The van der Waals surface area contributed by atoms with Crippen molar-refractivity contribution < 1.29 is 9.53 Å². The third-order valence-corrected chi connectivity index (χ3v) is 3.34. The molecule has 0 saturated heterocycles. The number of fused-ring (bicyclic) bond motifs is 1. The molecule has 4 heteroatoms. The van der Waals surface area contributed by atoms with Crippen LogP contribution in [0.25, 0.3) is 10.8 Å². The number of nitrogens with one attached hydrogen (secondary N) is 1. The highest BCUT2D eigenvalue weighted by Gasteiger charge is 2.10. The van der Waals surface area contributed by atoms with Gasteiger partial charge in [-0.1, -0.05) is 24.3 Å². The first kappa shape index (κ1) is 15.1. The lowest BCUT2D eigenvalue weighted by Gasteiger charge is -2.11. The summed E-state index contributed by atoms with van der Waals surface area (Å²) >= 11 is 0. The van der Waals surface area contributed by atoms with E-state index in [1.165, 1.54) is 0 Å². The molecule has 0 heterocycles. The molecule has 3 N–H and O–H groups in total. The summed E-state index contributed by atoms with van der Waals surface area (Å²) in [7, 11) is 1.65. The van der Waals surface area contributed by atoms with Crippen LogP contribution in [0.15, 0.2) is 49.1 Å². The first-order valence-corrected chi connectivity index (χ1v) is 6.85. The SMILES string of the molecule is C=CCC(N)C(=O)NCc1ccc2cc(OC)ccc2c1. The molecule has 0 aliphatic rings. The smallest absolute Gasteiger partial charge is 0.237 e. The summed E-state index contributed by atoms with van der Waals surface area (Å²) < 4.78 is 5.20. The van der Waals surface area contributed by atoms with E-state index < -0.39 is 6.04 Å². The number of hydrogen-bond acceptors (Lipinski definition) is 3. The summed E-state index contributed by atoms with van der Waals surface area (Å²) in [6.45, 7) is 4.04. The van der Waals surface area contributed by atoms with E-state index in [4.69, 9.17) is 10.5 Å². The number of hydrogen-bond donors (Lipinski definition) is 2. The van der Waals surface area contributed by atoms with E-state index in [9.17, 15) is 4.79 Å². The zero-order chi connectivity index (χ0) is 15.2. The Hall–Kier alpha value is -2.33. The molecule has 0 saturated carbocycles. The third-order valence-electron chi connectivity index (χ3n) is 3.34. The monoisotopic (exact) mass is 284 g/mol. The summed E-state index contributed by atoms with van der Waals surface area (Å²) in [5.74, 6) is 0.670. The van der Waals surface area contributed by atoms with Crippen LogP contribution in [0.1, 0.15) is 12.0 Å². The zero-order valence-electron chi connectivity index (χ0n) is 12.1. The van der Waals surface area contributed by atoms with Crippen molar-refractivity contribution in [2.24, 2.45) is 5.73 Å². The van der Waals surface area contributed by atoms with E-state index in [-0.39, 0.29) is 5.91 Å². The Labute approximate surface area is 124 Å². The Balaban J connectivity index is 2.06. The molecule has 0 aliphatic heterocycles. The van der Waals surface area contributed by atoms with Gasteiger partial charge in [-0.2, -0.15) is 0 Å². The minimum Gasteiger partial charge on any atom is -0.497 e. The van der Waals surface area contributed by atoms with Crippen molar-refractivity contribution >= 4 is 16.7 Å². The first-order chi connectivity index (χ1) is 10.1. The molecule has 4 nitrogen and oxygen atoms in total. The Morgan fingerprint density at radius 3 is 2.76 bits per heavy atom. The van der Waals surface area contributed by atoms with Gasteiger partial charge < -0.3 is 15.8 Å². The molecule has 1 unspecified atom stereocenters. The number of nitrogens with two attached hydrogens (primary N) is 1. The maximum absolute atomic E-state index is 11.8. The molecular weight excluding hydrogens is 264 g/mol. The van der Waals surface area contributed by atoms with Gasteiger partial charge in [0.2, 0.25) is 5.91 Å². The number of carbonyl (C=O) groups excluding carboxylic acids is 1. The second-order valence-electron chi connectivity index (χ2n) is 4.90. The Kier molecular flexibility index (Phi) is 4.95. The predicted molar refractivity (Wildman–Crippen MR) is 85.1 cm³/mol. The molecule has 0 bridgehead atoms. The molecule has 2 aromatic rings. The quantitative estimate of drug-likeness (QED) is 0.800. The van der Waals surface area contributed by atoms with Crippen LogP contribution in [0, 0.1) is 0 Å². The average molecular weight is 284 g/mol. The van der Waals surface area contributed by atoms with Gasteiger partial charge in [0.25, 0.3) is 0 Å². The van der Waals surface area contributed by atoms with Crippen LogP contribution in [-0.2, 0) is 11.3 Å². The van der Waals surface area contributed by atoms with Gasteiger partial charge in [0, 0.05) is 6.54 Å². The van der Waals surface area contributed by atoms with Crippen molar-refractivity contribution in [1.82, 2.24) is 5.32 Å². The van der Waals surface area contributed by atoms with Gasteiger partial charge in [0.15, 0.2) is 0 Å². The highest BCUT2D eigenvalue weighted by molar-refractivity contribution is 5.85. The number of rotatable bonds is 6. The van der Waals surface area contributed by atoms with Crippen molar-refractivity contribution in [3.63, 3.8) is 0 Å². The number of ether oxygens (including phenoxy) is 1. The van der Waals surface area contributed by atoms with E-state index in [1.807, 2.05) is 36.4 Å². The van der Waals surface area contributed by atoms with Gasteiger partial charge in [-0.05, 0) is 41.0 Å². The number of methoxy groups -OCH3 is 1. The molecule has 1 atom stereocenters. The van der Waals surface area contributed by atoms with E-state index in [2.05, 4.69) is 11.9 Å². The largest absolute Gasteiger partial charge is 0.497 e. The number of carbonyl (C=O) groups is 1. The lowest BCUT2D eigenvalue weighted by Crippen LogP contribution is -2.39. The average Bonchev–Trinajstić information content (AvgIpc) is 2.52. The van der Waals surface area contributed by atoms with E-state index >= 15 is 0 Å². The van der Waals surface area contributed by atoms with Crippen LogP contribution in [0.2, 0.25) is 0 Å². The van der Waals surface area contributed by atoms with Gasteiger partial charge in [0.05, 0.1) is 13.2 Å². The third kappa shape index (κ3) is 3.83. The minimum absolute atomic E-state index is 0.162. The molecule has 0 radical (unpaired) electrons. The maximum Gasteiger partial charge on any atom is 0.237 e. The van der Waals surface area contributed by atoms with Gasteiger partial charge in [0.1, 0.15) is 5.75 Å². The second-order valence-corrected chi connectivity index (χ2v) is 4.90. The van der Waals surface area contributed by atoms with Gasteiger partial charge in [-0.15, -0.1) is 6.58 Å². The standard InChI is InChI=1S/C17H20N2O2/c1-3-4-16(18)17(20)19-11-12-5-6-14-10-15(21-2)8-7-13(14)9-12/h3,5-10,16H,1,4,11,18H2,2H3,(H,19,20). The normalized spacial score (nSPS) is 11.9. The van der Waals surface area contributed by atoms with Crippen LogP contribution in [0.5, 0.6) is 5.75 Å². The molecular formula is C17H20N2O2. The number of amides is 1. The highest BCUT2D eigenvalue weighted by Crippen LogP contribution is 2.21. The fourth-order valence-corrected chi connectivity index (χ4v) is 2.12. The van der Waals surface area contributed by atoms with Gasteiger partial charge >= 0.3 is 0 Å². The highest BCUT2D eigenvalue weighted by atomic mass is 16.5. The van der Waals surface area contributed by atoms with Crippen LogP contribution in [-0.4, -0.2) is 19.1 Å². The van der Waals surface area contributed by atoms with Crippen LogP contribution in [0.3, 0.4) is 0 Å². The lowest BCUT2D eigenvalue weighted by molar-refractivity contribution is -0.122. The summed E-state index contributed by atoms with van der Waals surface area (Å²) in [6.07, 6.45) is 2.12. The second kappa shape index (κ2) is 6.90. The molecule has 2 aromatic carbocycles. The molecule has 0 spiro atoms. The van der Waals surface area contributed by atoms with Crippen molar-refractivity contribution in [3.05, 3.63) is 54.6 Å². The van der Waals surface area contributed by atoms with Gasteiger partial charge in [-0.3, -0.25) is 4.79 Å². The van der Waals surface area contributed by atoms with Crippen LogP contribution < -0.4 is 15.8 Å². The van der Waals surface area contributed by atoms with Gasteiger partial charge in [-0.25, -0.2) is 0 Å². The summed E-state index contributed by atoms with van der Waals surface area (Å²) in [4.78, 5) is 11.8. The van der Waals surface area contributed by atoms with Crippen molar-refractivity contribution in [1.29, 1.82) is 0 Å². The van der Waals surface area contributed by atoms with Crippen molar-refractivity contribution in [2.45, 2.75) is 19.0 Å². The summed E-state index contributed by atoms with van der Waals surface area (Å²) in [5.41, 5.74) is 6.75. The van der Waals surface area contributed by atoms with E-state index in [1.54, 1.807) is 13.2 Å². The molecule has 0 fully saturated rings. The first-order valence-electron chi connectivity index (χ1n) is 6.85. The van der Waals surface area contributed by atoms with E-state index in [0.29, 0.717) is 13.0 Å². The summed E-state index contributed by atoms with van der Waals surface area (Å²) in [6, 6.07) is 11.4. The van der Waals surface area contributed by atoms with Crippen LogP contribution >= 0.6 is 0 Å². The molecule has 0 aliphatic carbocycles. The maximum atomic E-state index is 11.8. The van der Waals surface area contributed by atoms with Crippen LogP contribution in [0.4, 0.5) is 0 Å². The Bertz CT molecular complexity index is 652. The van der Waals surface area contributed by atoms with E-state index in [0.717, 1.165) is 22.1 Å². The predicted octanol–water partition coefficient (Wildman–Crippen LogP) is 2.37. The fraction of sp³-hybridized carbons (Fsp3) is 0.235. The Morgan fingerprint density at radius 2 is 2.05 bits per heavy atom. The fourth-order valence-electron chi connectivity index (χ4n) is 2.12. The topological polar surface area (TPSA) is 64.4 Å². The summed E-state index contributed by atoms with van der Waals surface area (Å²) in [5, 5.41) is 5.05. The number of benzene rings is 2. The molecule has 1 amide bonds. The molecule has 0 aromatic heterocycles. The molecule has 2 rings (SSSR count). The Morgan fingerprint density at radius 1 is 1.33 bits per heavy atom. The lowest BCUT2D eigenvalue weighted by atomic mass is 10.1. The van der Waals surface area contributed by atoms with Crippen molar-refractivity contribution in [3.8, 4) is 5.75 Å². The minimum atomic E-state index is -0.535. The zero-order valence-corrected chi connectivity index (χ0v) is 12.1. The molecule has 110 valence electrons. The van der Waals surface area contributed by atoms with Crippen molar-refractivity contribution in [2.75, 3.05) is 7.11 Å².